The minimum atomic E-state index is -0.753. The van der Waals surface area contributed by atoms with Crippen LogP contribution >= 0.6 is 0 Å². The molecule has 0 aliphatic heterocycles. The molecule has 0 saturated carbocycles. The molecule has 0 bridgehead atoms. The smallest absolute Gasteiger partial charge is 0.396 e. The zero-order chi connectivity index (χ0) is 20.3. The highest BCUT2D eigenvalue weighted by Gasteiger charge is 2.28. The molecule has 1 atom stereocenters. The molecule has 2 aromatic rings. The maximum atomic E-state index is 13.9. The summed E-state index contributed by atoms with van der Waals surface area (Å²) < 4.78 is 38.1. The SMILES string of the molecule is CCOC(=O)c1nnc(C2CCCC(/C=C(\N)c3c(F)cccc3F)=C2N)o1. The van der Waals surface area contributed by atoms with Crippen molar-refractivity contribution in [2.45, 2.75) is 32.1 Å². The third kappa shape index (κ3) is 3.88. The first-order valence-electron chi connectivity index (χ1n) is 8.83. The molecule has 3 rings (SSSR count). The fourth-order valence-corrected chi connectivity index (χ4v) is 3.12. The van der Waals surface area contributed by atoms with Crippen LogP contribution in [0.15, 0.2) is 40.0 Å². The van der Waals surface area contributed by atoms with Crippen molar-refractivity contribution >= 4 is 11.7 Å². The summed E-state index contributed by atoms with van der Waals surface area (Å²) >= 11 is 0. The summed E-state index contributed by atoms with van der Waals surface area (Å²) in [5.41, 5.74) is 12.9. The molecule has 1 aromatic heterocycles. The van der Waals surface area contributed by atoms with Gasteiger partial charge in [-0.05, 0) is 50.0 Å². The minimum Gasteiger partial charge on any atom is -0.459 e. The molecule has 0 spiro atoms. The van der Waals surface area contributed by atoms with E-state index in [0.29, 0.717) is 24.1 Å². The Balaban J connectivity index is 1.91. The van der Waals surface area contributed by atoms with E-state index in [4.69, 9.17) is 20.6 Å². The maximum Gasteiger partial charge on any atom is 0.396 e. The lowest BCUT2D eigenvalue weighted by atomic mass is 9.86. The molecule has 148 valence electrons. The van der Waals surface area contributed by atoms with Crippen LogP contribution in [0.4, 0.5) is 8.78 Å². The number of hydrogen-bond donors (Lipinski definition) is 2. The quantitative estimate of drug-likeness (QED) is 0.754. The summed E-state index contributed by atoms with van der Waals surface area (Å²) in [7, 11) is 0. The second-order valence-electron chi connectivity index (χ2n) is 6.29. The first-order chi connectivity index (χ1) is 13.4. The minimum absolute atomic E-state index is 0.0630. The lowest BCUT2D eigenvalue weighted by molar-refractivity contribution is 0.0478. The van der Waals surface area contributed by atoms with Crippen molar-refractivity contribution in [3.8, 4) is 0 Å². The van der Waals surface area contributed by atoms with Crippen molar-refractivity contribution in [2.24, 2.45) is 11.5 Å². The molecule has 1 aliphatic carbocycles. The van der Waals surface area contributed by atoms with Crippen molar-refractivity contribution in [1.82, 2.24) is 10.2 Å². The summed E-state index contributed by atoms with van der Waals surface area (Å²) in [4.78, 5) is 11.7. The van der Waals surface area contributed by atoms with E-state index in [9.17, 15) is 13.6 Å². The van der Waals surface area contributed by atoms with Gasteiger partial charge in [-0.2, -0.15) is 0 Å². The van der Waals surface area contributed by atoms with Gasteiger partial charge in [0, 0.05) is 11.4 Å². The number of rotatable bonds is 5. The number of hydrogen-bond acceptors (Lipinski definition) is 7. The van der Waals surface area contributed by atoms with Crippen LogP contribution in [0.5, 0.6) is 0 Å². The van der Waals surface area contributed by atoms with Crippen molar-refractivity contribution in [3.05, 3.63) is 64.5 Å². The van der Waals surface area contributed by atoms with E-state index >= 15 is 0 Å². The molecular weight excluding hydrogens is 370 g/mol. The van der Waals surface area contributed by atoms with Gasteiger partial charge >= 0.3 is 11.9 Å². The molecule has 4 N–H and O–H groups in total. The number of esters is 1. The predicted octanol–water partition coefficient (Wildman–Crippen LogP) is 3.00. The third-order valence-corrected chi connectivity index (χ3v) is 4.46. The number of nitrogens with two attached hydrogens (primary N) is 2. The average molecular weight is 390 g/mol. The molecule has 7 nitrogen and oxygen atoms in total. The highest BCUT2D eigenvalue weighted by molar-refractivity contribution is 5.83. The van der Waals surface area contributed by atoms with E-state index in [1.165, 1.54) is 12.1 Å². The average Bonchev–Trinajstić information content (AvgIpc) is 3.13. The topological polar surface area (TPSA) is 117 Å². The Morgan fingerprint density at radius 1 is 1.36 bits per heavy atom. The summed E-state index contributed by atoms with van der Waals surface area (Å²) in [5.74, 6) is -2.71. The van der Waals surface area contributed by atoms with E-state index in [2.05, 4.69) is 10.2 Å². The zero-order valence-electron chi connectivity index (χ0n) is 15.2. The second kappa shape index (κ2) is 8.20. The fourth-order valence-electron chi connectivity index (χ4n) is 3.12. The number of aromatic nitrogens is 2. The van der Waals surface area contributed by atoms with Crippen LogP contribution in [-0.4, -0.2) is 22.8 Å². The van der Waals surface area contributed by atoms with Gasteiger partial charge in [0.05, 0.1) is 18.1 Å². The maximum absolute atomic E-state index is 13.9. The summed E-state index contributed by atoms with van der Waals surface area (Å²) in [6, 6.07) is 3.54. The van der Waals surface area contributed by atoms with Gasteiger partial charge < -0.3 is 20.6 Å². The Morgan fingerprint density at radius 3 is 2.75 bits per heavy atom. The van der Waals surface area contributed by atoms with Gasteiger partial charge in [-0.1, -0.05) is 6.07 Å². The zero-order valence-corrected chi connectivity index (χ0v) is 15.2. The molecule has 0 fully saturated rings. The molecule has 0 radical (unpaired) electrons. The normalized spacial score (nSPS) is 17.7. The number of benzene rings is 1. The van der Waals surface area contributed by atoms with Crippen LogP contribution in [-0.2, 0) is 4.74 Å². The Hall–Kier alpha value is -3.23. The van der Waals surface area contributed by atoms with Crippen LogP contribution < -0.4 is 11.5 Å². The van der Waals surface area contributed by atoms with Gasteiger partial charge in [-0.25, -0.2) is 13.6 Å². The van der Waals surface area contributed by atoms with Crippen molar-refractivity contribution in [3.63, 3.8) is 0 Å². The number of allylic oxidation sites excluding steroid dienone is 3. The van der Waals surface area contributed by atoms with E-state index in [1.54, 1.807) is 6.92 Å². The highest BCUT2D eigenvalue weighted by Crippen LogP contribution is 2.35. The number of ether oxygens (including phenoxy) is 1. The first-order valence-corrected chi connectivity index (χ1v) is 8.83. The highest BCUT2D eigenvalue weighted by atomic mass is 19.1. The van der Waals surface area contributed by atoms with Gasteiger partial charge in [0.25, 0.3) is 0 Å². The second-order valence-corrected chi connectivity index (χ2v) is 6.29. The molecular formula is C19H20F2N4O3. The van der Waals surface area contributed by atoms with Gasteiger partial charge in [0.2, 0.25) is 5.89 Å². The Morgan fingerprint density at radius 2 is 2.07 bits per heavy atom. The van der Waals surface area contributed by atoms with Gasteiger partial charge in [-0.15, -0.1) is 10.2 Å². The van der Waals surface area contributed by atoms with Crippen LogP contribution in [0.2, 0.25) is 0 Å². The first kappa shape index (κ1) is 19.5. The predicted molar refractivity (Wildman–Crippen MR) is 96.6 cm³/mol. The monoisotopic (exact) mass is 390 g/mol. The standard InChI is InChI=1S/C19H20F2N4O3/c1-2-27-19(26)18-25-24-17(28-18)11-6-3-5-10(16(11)23)9-14(22)15-12(20)7-4-8-13(15)21/h4,7-9,11H,2-3,5-6,22-23H2,1H3/b14-9-. The van der Waals surface area contributed by atoms with E-state index in [-0.39, 0.29) is 29.6 Å². The van der Waals surface area contributed by atoms with Gasteiger partial charge in [-0.3, -0.25) is 0 Å². The van der Waals surface area contributed by atoms with Crippen molar-refractivity contribution in [2.75, 3.05) is 6.61 Å². The number of halogens is 2. The summed E-state index contributed by atoms with van der Waals surface area (Å²) in [5, 5.41) is 7.58. The molecule has 1 aromatic carbocycles. The Kier molecular flexibility index (Phi) is 5.72. The van der Waals surface area contributed by atoms with Crippen LogP contribution in [0, 0.1) is 11.6 Å². The lowest BCUT2D eigenvalue weighted by Gasteiger charge is -2.22. The third-order valence-electron chi connectivity index (χ3n) is 4.46. The van der Waals surface area contributed by atoms with Crippen LogP contribution in [0.1, 0.15) is 54.2 Å². The summed E-state index contributed by atoms with van der Waals surface area (Å²) in [6.07, 6.45) is 3.40. The molecule has 1 aliphatic rings. The lowest BCUT2D eigenvalue weighted by Crippen LogP contribution is -2.18. The van der Waals surface area contributed by atoms with E-state index < -0.39 is 23.5 Å². The van der Waals surface area contributed by atoms with Gasteiger partial charge in [0.1, 0.15) is 11.6 Å². The molecule has 0 amide bonds. The molecule has 0 saturated heterocycles. The Labute approximate surface area is 160 Å². The van der Waals surface area contributed by atoms with Crippen molar-refractivity contribution < 1.29 is 22.7 Å². The molecule has 28 heavy (non-hydrogen) atoms. The molecule has 9 heteroatoms. The fraction of sp³-hybridized carbons (Fsp3) is 0.316. The van der Waals surface area contributed by atoms with E-state index in [1.807, 2.05) is 0 Å². The number of carbonyl (C=O) groups is 1. The van der Waals surface area contributed by atoms with Crippen LogP contribution in [0.3, 0.4) is 0 Å². The largest absolute Gasteiger partial charge is 0.459 e. The number of carbonyl (C=O) groups excluding carboxylic acids is 1. The van der Waals surface area contributed by atoms with Crippen molar-refractivity contribution in [1.29, 1.82) is 0 Å². The Bertz CT molecular complexity index is 932. The van der Waals surface area contributed by atoms with Gasteiger partial charge in [0.15, 0.2) is 0 Å². The molecule has 1 heterocycles. The summed E-state index contributed by atoms with van der Waals surface area (Å²) in [6.45, 7) is 1.85. The van der Waals surface area contributed by atoms with Crippen LogP contribution in [0.25, 0.3) is 5.70 Å². The van der Waals surface area contributed by atoms with E-state index in [0.717, 1.165) is 18.6 Å². The number of nitrogens with zero attached hydrogens (tertiary/aromatic N) is 2. The molecule has 1 unspecified atom stereocenters.